The van der Waals surface area contributed by atoms with Gasteiger partial charge in [-0.1, -0.05) is 30.8 Å². The largest absolute Gasteiger partial charge is 0.495 e. The number of thiol groups is 1. The molecule has 1 heterocycles. The summed E-state index contributed by atoms with van der Waals surface area (Å²) in [5, 5.41) is 11.4. The first kappa shape index (κ1) is 22.5. The lowest BCUT2D eigenvalue weighted by molar-refractivity contribution is 0.0696. The molecule has 8 nitrogen and oxygen atoms in total. The van der Waals surface area contributed by atoms with Crippen LogP contribution in [-0.4, -0.2) is 45.3 Å². The van der Waals surface area contributed by atoms with Crippen molar-refractivity contribution in [2.75, 3.05) is 25.1 Å². The summed E-state index contributed by atoms with van der Waals surface area (Å²) in [4.78, 5) is 15.7. The molecule has 0 fully saturated rings. The van der Waals surface area contributed by atoms with Crippen molar-refractivity contribution in [3.8, 4) is 16.3 Å². The molecule has 31 heavy (non-hydrogen) atoms. The van der Waals surface area contributed by atoms with Gasteiger partial charge >= 0.3 is 5.97 Å². The first-order valence-corrected chi connectivity index (χ1v) is 11.0. The number of carbonyl (C=O) groups is 1. The second kappa shape index (κ2) is 9.73. The average molecular weight is 461 g/mol. The summed E-state index contributed by atoms with van der Waals surface area (Å²) < 4.78 is 35.4. The third-order valence-corrected chi connectivity index (χ3v) is 6.01. The predicted octanol–water partition coefficient (Wildman–Crippen LogP) is 3.84. The van der Waals surface area contributed by atoms with E-state index in [-0.39, 0.29) is 22.8 Å². The lowest BCUT2D eigenvalue weighted by Crippen LogP contribution is -2.16. The average Bonchev–Trinajstić information content (AvgIpc) is 3.23. The smallest absolute Gasteiger partial charge is 0.335 e. The van der Waals surface area contributed by atoms with E-state index < -0.39 is 16.9 Å². The molecular formula is C21H20N2O6S2. The molecule has 10 heteroatoms. The van der Waals surface area contributed by atoms with E-state index in [9.17, 15) is 13.2 Å². The van der Waals surface area contributed by atoms with Crippen LogP contribution in [0.25, 0.3) is 16.1 Å². The zero-order valence-corrected chi connectivity index (χ0v) is 18.5. The van der Waals surface area contributed by atoms with Gasteiger partial charge in [0.1, 0.15) is 16.4 Å². The highest BCUT2D eigenvalue weighted by Crippen LogP contribution is 2.37. The van der Waals surface area contributed by atoms with Gasteiger partial charge in [-0.05, 0) is 29.3 Å². The molecule has 0 unspecified atom stereocenters. The minimum absolute atomic E-state index is 0.0178. The molecule has 0 atom stereocenters. The van der Waals surface area contributed by atoms with Crippen LogP contribution in [0.15, 0.2) is 54.4 Å². The van der Waals surface area contributed by atoms with Gasteiger partial charge in [-0.15, -0.1) is 11.3 Å². The first-order chi connectivity index (χ1) is 14.8. The molecule has 1 N–H and O–H groups in total. The van der Waals surface area contributed by atoms with Crippen molar-refractivity contribution in [2.45, 2.75) is 0 Å². The van der Waals surface area contributed by atoms with E-state index in [0.29, 0.717) is 11.6 Å². The molecule has 0 spiro atoms. The Morgan fingerprint density at radius 1 is 1.16 bits per heavy atom. The second-order valence-electron chi connectivity index (χ2n) is 6.37. The number of nitrogens with zero attached hydrogens (tertiary/aromatic N) is 2. The van der Waals surface area contributed by atoms with Crippen LogP contribution in [0.3, 0.4) is 0 Å². The third kappa shape index (κ3) is 4.93. The number of carboxylic acid groups (broad SMARTS) is 1. The van der Waals surface area contributed by atoms with Crippen molar-refractivity contribution in [1.29, 1.82) is 0 Å². The predicted molar refractivity (Wildman–Crippen MR) is 121 cm³/mol. The number of carboxylic acids is 1. The lowest BCUT2D eigenvalue weighted by Gasteiger charge is -2.18. The molecule has 0 aliphatic carbocycles. The van der Waals surface area contributed by atoms with Gasteiger partial charge in [0, 0.05) is 18.1 Å². The van der Waals surface area contributed by atoms with Crippen LogP contribution in [0.1, 0.15) is 15.9 Å². The monoisotopic (exact) mass is 460 g/mol. The number of rotatable bonds is 9. The topological polar surface area (TPSA) is 106 Å². The van der Waals surface area contributed by atoms with Crippen molar-refractivity contribution in [3.63, 3.8) is 0 Å². The number of ether oxygens (including phenoxy) is 2. The van der Waals surface area contributed by atoms with E-state index in [1.54, 1.807) is 12.5 Å². The zero-order chi connectivity index (χ0) is 22.5. The normalized spacial score (nSPS) is 10.8. The molecule has 3 aromatic rings. The lowest BCUT2D eigenvalue weighted by atomic mass is 10.1. The van der Waals surface area contributed by atoms with Gasteiger partial charge in [0.25, 0.3) is 0 Å². The Morgan fingerprint density at radius 3 is 2.42 bits per heavy atom. The Balaban J connectivity index is 1.95. The molecule has 162 valence electrons. The summed E-state index contributed by atoms with van der Waals surface area (Å²) in [5.41, 5.74) is 2.76. The van der Waals surface area contributed by atoms with Crippen LogP contribution in [0.4, 0.5) is 11.5 Å². The Kier molecular flexibility index (Phi) is 7.06. The maximum absolute atomic E-state index is 12.0. The fourth-order valence-corrected chi connectivity index (χ4v) is 4.36. The molecule has 0 saturated heterocycles. The SMILES string of the molecule is C=C(COC)c1ccc(-c2nc(N(c3ccc(C(=O)O)cc3OC)[SH](=O)=O)cs2)cc1. The second-order valence-corrected chi connectivity index (χ2v) is 8.10. The van der Waals surface area contributed by atoms with Crippen LogP contribution >= 0.6 is 11.3 Å². The van der Waals surface area contributed by atoms with E-state index in [1.165, 1.54) is 36.6 Å². The Morgan fingerprint density at radius 2 is 1.84 bits per heavy atom. The van der Waals surface area contributed by atoms with Crippen molar-refractivity contribution >= 4 is 45.3 Å². The molecule has 0 aliphatic rings. The quantitative estimate of drug-likeness (QED) is 0.467. The van der Waals surface area contributed by atoms with Gasteiger partial charge < -0.3 is 14.6 Å². The number of aromatic nitrogens is 1. The van der Waals surface area contributed by atoms with Gasteiger partial charge in [0.2, 0.25) is 10.9 Å². The third-order valence-electron chi connectivity index (χ3n) is 4.39. The highest BCUT2D eigenvalue weighted by atomic mass is 32.2. The fourth-order valence-electron chi connectivity index (χ4n) is 2.88. The van der Waals surface area contributed by atoms with Crippen LogP contribution in [-0.2, 0) is 15.6 Å². The van der Waals surface area contributed by atoms with Gasteiger partial charge in [0.15, 0.2) is 5.82 Å². The molecule has 1 aromatic heterocycles. The summed E-state index contributed by atoms with van der Waals surface area (Å²) in [6, 6.07) is 11.5. The van der Waals surface area contributed by atoms with Crippen LogP contribution in [0.2, 0.25) is 0 Å². The Bertz CT molecular complexity index is 1180. The number of aromatic carboxylic acids is 1. The summed E-state index contributed by atoms with van der Waals surface area (Å²) in [5.74, 6) is -0.851. The fraction of sp³-hybridized carbons (Fsp3) is 0.143. The Labute approximate surface area is 185 Å². The van der Waals surface area contributed by atoms with Crippen molar-refractivity contribution in [3.05, 3.63) is 65.6 Å². The summed E-state index contributed by atoms with van der Waals surface area (Å²) in [6.45, 7) is 4.40. The van der Waals surface area contributed by atoms with E-state index in [1.807, 2.05) is 24.3 Å². The molecule has 3 rings (SSSR count). The van der Waals surface area contributed by atoms with Crippen molar-refractivity contribution in [1.82, 2.24) is 4.98 Å². The van der Waals surface area contributed by atoms with E-state index in [4.69, 9.17) is 14.6 Å². The van der Waals surface area contributed by atoms with Crippen LogP contribution < -0.4 is 9.04 Å². The number of hydrogen-bond acceptors (Lipinski definition) is 7. The molecule has 2 aromatic carbocycles. The van der Waals surface area contributed by atoms with E-state index >= 15 is 0 Å². The van der Waals surface area contributed by atoms with Gasteiger partial charge in [-0.3, -0.25) is 0 Å². The van der Waals surface area contributed by atoms with E-state index in [0.717, 1.165) is 21.0 Å². The summed E-state index contributed by atoms with van der Waals surface area (Å²) in [6.07, 6.45) is 0. The van der Waals surface area contributed by atoms with Crippen LogP contribution in [0, 0.1) is 0 Å². The molecule has 0 bridgehead atoms. The van der Waals surface area contributed by atoms with E-state index in [2.05, 4.69) is 11.6 Å². The molecular weight excluding hydrogens is 440 g/mol. The number of thiazole rings is 1. The van der Waals surface area contributed by atoms with Crippen LogP contribution in [0.5, 0.6) is 5.75 Å². The summed E-state index contributed by atoms with van der Waals surface area (Å²) in [7, 11) is -0.169. The highest BCUT2D eigenvalue weighted by molar-refractivity contribution is 7.74. The number of methoxy groups -OCH3 is 2. The maximum Gasteiger partial charge on any atom is 0.335 e. The minimum atomic E-state index is -3.11. The standard InChI is InChI=1S/C21H20N2O6S2/c1-13(11-28-2)14-4-6-15(7-5-14)20-22-19(12-30-20)23(31(26)27)17-9-8-16(21(24)25)10-18(17)29-3/h4-10,12,31H,1,11H2,2-3H3,(H,24,25). The Hall–Kier alpha value is -3.21. The minimum Gasteiger partial charge on any atom is -0.495 e. The highest BCUT2D eigenvalue weighted by Gasteiger charge is 2.21. The molecule has 0 aliphatic heterocycles. The summed E-state index contributed by atoms with van der Waals surface area (Å²) >= 11 is 1.29. The number of anilines is 2. The first-order valence-electron chi connectivity index (χ1n) is 8.94. The van der Waals surface area contributed by atoms with Gasteiger partial charge in [-0.2, -0.15) is 0 Å². The molecule has 0 saturated carbocycles. The maximum atomic E-state index is 12.0. The molecule has 0 amide bonds. The van der Waals surface area contributed by atoms with Gasteiger partial charge in [-0.25, -0.2) is 22.5 Å². The number of benzene rings is 2. The zero-order valence-electron chi connectivity index (χ0n) is 16.8. The van der Waals surface area contributed by atoms with Crippen molar-refractivity contribution in [2.24, 2.45) is 0 Å². The molecule has 0 radical (unpaired) electrons. The van der Waals surface area contributed by atoms with Gasteiger partial charge in [0.05, 0.1) is 19.3 Å². The van der Waals surface area contributed by atoms with Crippen molar-refractivity contribution < 1.29 is 27.8 Å². The number of hydrogen-bond donors (Lipinski definition) is 2.